The van der Waals surface area contributed by atoms with E-state index in [2.05, 4.69) is 31.7 Å². The molecule has 0 aliphatic carbocycles. The third-order valence-electron chi connectivity index (χ3n) is 2.63. The SMILES string of the molecule is Cc1ccc(C(=O)Nc2ccccc2)cc1NI. The summed E-state index contributed by atoms with van der Waals surface area (Å²) in [6.45, 7) is 2.00. The summed E-state index contributed by atoms with van der Waals surface area (Å²) in [6, 6.07) is 15.0. The molecule has 0 saturated heterocycles. The van der Waals surface area contributed by atoms with Crippen molar-refractivity contribution in [2.24, 2.45) is 0 Å². The molecule has 18 heavy (non-hydrogen) atoms. The molecule has 0 radical (unpaired) electrons. The van der Waals surface area contributed by atoms with E-state index >= 15 is 0 Å². The Bertz CT molecular complexity index is 555. The molecule has 0 aliphatic heterocycles. The number of halogens is 1. The second-order valence-electron chi connectivity index (χ2n) is 3.94. The average molecular weight is 352 g/mol. The van der Waals surface area contributed by atoms with Gasteiger partial charge < -0.3 is 8.85 Å². The normalized spacial score (nSPS) is 9.89. The molecule has 2 aromatic rings. The maximum atomic E-state index is 12.1. The van der Waals surface area contributed by atoms with Crippen molar-refractivity contribution in [1.29, 1.82) is 0 Å². The molecule has 2 rings (SSSR count). The molecule has 0 aromatic heterocycles. The van der Waals surface area contributed by atoms with Crippen LogP contribution < -0.4 is 8.85 Å². The van der Waals surface area contributed by atoms with Crippen LogP contribution in [0.25, 0.3) is 0 Å². The first-order valence-electron chi connectivity index (χ1n) is 5.54. The average Bonchev–Trinajstić information content (AvgIpc) is 2.40. The zero-order valence-corrected chi connectivity index (χ0v) is 12.1. The fraction of sp³-hybridized carbons (Fsp3) is 0.0714. The zero-order valence-electron chi connectivity index (χ0n) is 9.91. The van der Waals surface area contributed by atoms with Crippen LogP contribution in [0.4, 0.5) is 11.4 Å². The van der Waals surface area contributed by atoms with Gasteiger partial charge in [0.25, 0.3) is 5.91 Å². The number of aryl methyl sites for hydroxylation is 1. The molecule has 0 spiro atoms. The van der Waals surface area contributed by atoms with Crippen LogP contribution in [0.1, 0.15) is 15.9 Å². The molecule has 92 valence electrons. The summed E-state index contributed by atoms with van der Waals surface area (Å²) in [4.78, 5) is 12.1. The predicted molar refractivity (Wildman–Crippen MR) is 83.2 cm³/mol. The van der Waals surface area contributed by atoms with Crippen LogP contribution in [0, 0.1) is 6.92 Å². The summed E-state index contributed by atoms with van der Waals surface area (Å²) >= 11 is 2.06. The topological polar surface area (TPSA) is 41.1 Å². The van der Waals surface area contributed by atoms with Gasteiger partial charge in [-0.3, -0.25) is 4.79 Å². The van der Waals surface area contributed by atoms with Gasteiger partial charge >= 0.3 is 0 Å². The largest absolute Gasteiger partial charge is 0.328 e. The lowest BCUT2D eigenvalue weighted by atomic mass is 10.1. The van der Waals surface area contributed by atoms with Gasteiger partial charge in [0.2, 0.25) is 0 Å². The number of carbonyl (C=O) groups excluding carboxylic acids is 1. The van der Waals surface area contributed by atoms with Gasteiger partial charge in [0.1, 0.15) is 0 Å². The number of anilines is 2. The van der Waals surface area contributed by atoms with Crippen molar-refractivity contribution >= 4 is 40.1 Å². The van der Waals surface area contributed by atoms with Crippen molar-refractivity contribution in [2.75, 3.05) is 8.85 Å². The lowest BCUT2D eigenvalue weighted by Crippen LogP contribution is -2.12. The van der Waals surface area contributed by atoms with Crippen LogP contribution in [0.5, 0.6) is 0 Å². The molecule has 1 amide bonds. The van der Waals surface area contributed by atoms with Crippen molar-refractivity contribution in [3.05, 3.63) is 59.7 Å². The van der Waals surface area contributed by atoms with Crippen LogP contribution in [0.15, 0.2) is 48.5 Å². The number of para-hydroxylation sites is 1. The first-order valence-corrected chi connectivity index (χ1v) is 6.62. The summed E-state index contributed by atoms with van der Waals surface area (Å²) in [6.07, 6.45) is 0. The van der Waals surface area contributed by atoms with Crippen LogP contribution >= 0.6 is 22.9 Å². The molecule has 0 atom stereocenters. The highest BCUT2D eigenvalue weighted by Crippen LogP contribution is 2.19. The molecule has 2 aromatic carbocycles. The molecule has 0 heterocycles. The Labute approximate surface area is 120 Å². The smallest absolute Gasteiger partial charge is 0.255 e. The lowest BCUT2D eigenvalue weighted by molar-refractivity contribution is 0.102. The highest BCUT2D eigenvalue weighted by atomic mass is 127. The minimum atomic E-state index is -0.103. The minimum absolute atomic E-state index is 0.103. The number of rotatable bonds is 3. The van der Waals surface area contributed by atoms with Gasteiger partial charge in [-0.05, 0) is 36.8 Å². The molecule has 0 saturated carbocycles. The quantitative estimate of drug-likeness (QED) is 0.647. The third-order valence-corrected chi connectivity index (χ3v) is 3.21. The van der Waals surface area contributed by atoms with Crippen molar-refractivity contribution in [2.45, 2.75) is 6.92 Å². The second-order valence-corrected chi connectivity index (χ2v) is 4.48. The zero-order chi connectivity index (χ0) is 13.0. The highest BCUT2D eigenvalue weighted by Gasteiger charge is 2.07. The minimum Gasteiger partial charge on any atom is -0.328 e. The van der Waals surface area contributed by atoms with Crippen LogP contribution in [-0.2, 0) is 0 Å². The van der Waals surface area contributed by atoms with Crippen molar-refractivity contribution in [3.8, 4) is 0 Å². The fourth-order valence-corrected chi connectivity index (χ4v) is 2.17. The summed E-state index contributed by atoms with van der Waals surface area (Å²) in [5, 5.41) is 2.86. The molecule has 4 heteroatoms. The van der Waals surface area contributed by atoms with E-state index in [1.165, 1.54) is 0 Å². The van der Waals surface area contributed by atoms with E-state index in [4.69, 9.17) is 0 Å². The van der Waals surface area contributed by atoms with Gasteiger partial charge in [-0.2, -0.15) is 0 Å². The van der Waals surface area contributed by atoms with Crippen LogP contribution in [0.2, 0.25) is 0 Å². The second kappa shape index (κ2) is 5.86. The van der Waals surface area contributed by atoms with E-state index in [1.54, 1.807) is 0 Å². The maximum Gasteiger partial charge on any atom is 0.255 e. The molecular weight excluding hydrogens is 339 g/mol. The predicted octanol–water partition coefficient (Wildman–Crippen LogP) is 4.01. The Morgan fingerprint density at radius 1 is 1.11 bits per heavy atom. The van der Waals surface area contributed by atoms with E-state index in [0.29, 0.717) is 5.56 Å². The Morgan fingerprint density at radius 3 is 2.50 bits per heavy atom. The monoisotopic (exact) mass is 352 g/mol. The summed E-state index contributed by atoms with van der Waals surface area (Å²) < 4.78 is 3.04. The number of nitrogens with one attached hydrogen (secondary N) is 2. The van der Waals surface area contributed by atoms with Gasteiger partial charge in [-0.1, -0.05) is 24.3 Å². The van der Waals surface area contributed by atoms with E-state index in [1.807, 2.05) is 55.5 Å². The highest BCUT2D eigenvalue weighted by molar-refractivity contribution is 14.1. The molecule has 0 fully saturated rings. The Balaban J connectivity index is 2.19. The first kappa shape index (κ1) is 12.9. The summed E-state index contributed by atoms with van der Waals surface area (Å²) in [5.41, 5.74) is 3.51. The third kappa shape index (κ3) is 3.01. The molecule has 3 nitrogen and oxygen atoms in total. The van der Waals surface area contributed by atoms with Crippen LogP contribution in [0.3, 0.4) is 0 Å². The van der Waals surface area contributed by atoms with E-state index < -0.39 is 0 Å². The number of carbonyl (C=O) groups is 1. The molecular formula is C14H13IN2O. The van der Waals surface area contributed by atoms with Gasteiger partial charge in [0, 0.05) is 16.9 Å². The lowest BCUT2D eigenvalue weighted by Gasteiger charge is -2.08. The number of benzene rings is 2. The van der Waals surface area contributed by atoms with Gasteiger partial charge in [0.05, 0.1) is 22.9 Å². The molecule has 0 bridgehead atoms. The van der Waals surface area contributed by atoms with E-state index in [0.717, 1.165) is 16.9 Å². The van der Waals surface area contributed by atoms with E-state index in [9.17, 15) is 4.79 Å². The van der Waals surface area contributed by atoms with Crippen LogP contribution in [-0.4, -0.2) is 5.91 Å². The van der Waals surface area contributed by atoms with E-state index in [-0.39, 0.29) is 5.91 Å². The Kier molecular flexibility index (Phi) is 4.19. The maximum absolute atomic E-state index is 12.1. The van der Waals surface area contributed by atoms with Crippen molar-refractivity contribution in [3.63, 3.8) is 0 Å². The molecule has 0 aliphatic rings. The van der Waals surface area contributed by atoms with Gasteiger partial charge in [0.15, 0.2) is 0 Å². The summed E-state index contributed by atoms with van der Waals surface area (Å²) in [5.74, 6) is -0.103. The van der Waals surface area contributed by atoms with Crippen molar-refractivity contribution < 1.29 is 4.79 Å². The first-order chi connectivity index (χ1) is 8.70. The fourth-order valence-electron chi connectivity index (χ4n) is 1.59. The Morgan fingerprint density at radius 2 is 1.83 bits per heavy atom. The van der Waals surface area contributed by atoms with Gasteiger partial charge in [-0.15, -0.1) is 0 Å². The number of hydrogen-bond acceptors (Lipinski definition) is 2. The molecule has 2 N–H and O–H groups in total. The number of amides is 1. The van der Waals surface area contributed by atoms with Gasteiger partial charge in [-0.25, -0.2) is 0 Å². The number of hydrogen-bond donors (Lipinski definition) is 2. The molecule has 0 unspecified atom stereocenters. The standard InChI is InChI=1S/C14H13IN2O/c1-10-7-8-11(9-13(10)17-15)14(18)16-12-5-3-2-4-6-12/h2-9,17H,1H3,(H,16,18). The summed E-state index contributed by atoms with van der Waals surface area (Å²) in [7, 11) is 0. The van der Waals surface area contributed by atoms with Crippen molar-refractivity contribution in [1.82, 2.24) is 0 Å². The Hall–Kier alpha value is -1.56.